The van der Waals surface area contributed by atoms with E-state index in [4.69, 9.17) is 4.74 Å². The van der Waals surface area contributed by atoms with E-state index in [1.54, 1.807) is 25.3 Å². The highest BCUT2D eigenvalue weighted by molar-refractivity contribution is 5.51. The maximum atomic E-state index is 11.0. The topological polar surface area (TPSA) is 77.3 Å². The molecule has 0 amide bonds. The van der Waals surface area contributed by atoms with E-state index in [1.165, 1.54) is 6.07 Å². The van der Waals surface area contributed by atoms with E-state index in [1.807, 2.05) is 19.1 Å². The van der Waals surface area contributed by atoms with Gasteiger partial charge in [0.2, 0.25) is 0 Å². The molecule has 0 radical (unpaired) electrons. The van der Waals surface area contributed by atoms with E-state index < -0.39 is 4.92 Å². The molecule has 0 aliphatic heterocycles. The van der Waals surface area contributed by atoms with Crippen LogP contribution in [0.2, 0.25) is 0 Å². The molecule has 2 rings (SSSR count). The molecule has 2 aromatic rings. The molecule has 6 heteroatoms. The molecular formula is C15H17N3O3. The Balaban J connectivity index is 2.16. The zero-order valence-electron chi connectivity index (χ0n) is 12.0. The molecule has 0 atom stereocenters. The summed E-state index contributed by atoms with van der Waals surface area (Å²) in [6, 6.07) is 8.58. The Kier molecular flexibility index (Phi) is 4.71. The lowest BCUT2D eigenvalue weighted by Crippen LogP contribution is -2.03. The molecule has 0 aliphatic rings. The quantitative estimate of drug-likeness (QED) is 0.651. The van der Waals surface area contributed by atoms with Crippen molar-refractivity contribution in [2.75, 3.05) is 11.9 Å². The molecule has 1 N–H and O–H groups in total. The summed E-state index contributed by atoms with van der Waals surface area (Å²) < 4.78 is 5.65. The molecule has 0 saturated heterocycles. The van der Waals surface area contributed by atoms with Crippen LogP contribution in [0.4, 0.5) is 11.5 Å². The number of hydrogen-bond donors (Lipinski definition) is 1. The summed E-state index contributed by atoms with van der Waals surface area (Å²) in [6.07, 6.45) is 1.68. The number of aryl methyl sites for hydroxylation is 1. The zero-order valence-corrected chi connectivity index (χ0v) is 12.0. The van der Waals surface area contributed by atoms with Crippen molar-refractivity contribution in [3.8, 4) is 5.75 Å². The third-order valence-corrected chi connectivity index (χ3v) is 2.95. The molecule has 1 aromatic carbocycles. The number of ether oxygens (including phenoxy) is 1. The number of nitro groups is 1. The highest BCUT2D eigenvalue weighted by atomic mass is 16.6. The van der Waals surface area contributed by atoms with E-state index in [0.29, 0.717) is 5.75 Å². The first-order valence-corrected chi connectivity index (χ1v) is 6.67. The number of pyridine rings is 1. The van der Waals surface area contributed by atoms with Gasteiger partial charge in [0.1, 0.15) is 12.4 Å². The summed E-state index contributed by atoms with van der Waals surface area (Å²) in [4.78, 5) is 14.8. The smallest absolute Gasteiger partial charge is 0.311 e. The van der Waals surface area contributed by atoms with Crippen molar-refractivity contribution < 1.29 is 9.66 Å². The largest absolute Gasteiger partial charge is 0.482 e. The van der Waals surface area contributed by atoms with Crippen molar-refractivity contribution in [2.24, 2.45) is 0 Å². The van der Waals surface area contributed by atoms with E-state index in [2.05, 4.69) is 10.3 Å². The molecule has 0 spiro atoms. The fraction of sp³-hybridized carbons (Fsp3) is 0.267. The van der Waals surface area contributed by atoms with Gasteiger partial charge in [-0.15, -0.1) is 0 Å². The number of rotatable bonds is 6. The molecule has 0 unspecified atom stereocenters. The molecule has 0 bridgehead atoms. The molecule has 1 aromatic heterocycles. The Morgan fingerprint density at radius 3 is 2.90 bits per heavy atom. The molecule has 21 heavy (non-hydrogen) atoms. The number of nitro benzene ring substituents is 1. The Bertz CT molecular complexity index is 644. The first-order valence-electron chi connectivity index (χ1n) is 6.67. The third kappa shape index (κ3) is 3.68. The molecule has 0 saturated carbocycles. The van der Waals surface area contributed by atoms with Crippen molar-refractivity contribution >= 4 is 11.5 Å². The summed E-state index contributed by atoms with van der Waals surface area (Å²) in [7, 11) is 0. The second kappa shape index (κ2) is 6.69. The van der Waals surface area contributed by atoms with Crippen LogP contribution in [0.3, 0.4) is 0 Å². The molecule has 0 fully saturated rings. The summed E-state index contributed by atoms with van der Waals surface area (Å²) in [6.45, 7) is 4.81. The van der Waals surface area contributed by atoms with E-state index in [0.717, 1.165) is 23.5 Å². The van der Waals surface area contributed by atoms with Crippen molar-refractivity contribution in [1.82, 2.24) is 4.98 Å². The molecule has 6 nitrogen and oxygen atoms in total. The van der Waals surface area contributed by atoms with Crippen molar-refractivity contribution in [1.29, 1.82) is 0 Å². The van der Waals surface area contributed by atoms with Crippen LogP contribution in [0.5, 0.6) is 5.75 Å². The number of hydrogen-bond acceptors (Lipinski definition) is 5. The fourth-order valence-electron chi connectivity index (χ4n) is 1.97. The number of anilines is 1. The molecule has 0 aliphatic carbocycles. The summed E-state index contributed by atoms with van der Waals surface area (Å²) in [5.41, 5.74) is 1.62. The zero-order chi connectivity index (χ0) is 15.2. The van der Waals surface area contributed by atoms with Crippen molar-refractivity contribution in [3.05, 3.63) is 57.8 Å². The van der Waals surface area contributed by atoms with E-state index in [-0.39, 0.29) is 12.3 Å². The third-order valence-electron chi connectivity index (χ3n) is 2.95. The van der Waals surface area contributed by atoms with Gasteiger partial charge in [-0.1, -0.05) is 12.1 Å². The first-order chi connectivity index (χ1) is 10.1. The van der Waals surface area contributed by atoms with E-state index >= 15 is 0 Å². The Morgan fingerprint density at radius 2 is 2.19 bits per heavy atom. The second-order valence-corrected chi connectivity index (χ2v) is 4.55. The highest BCUT2D eigenvalue weighted by Crippen LogP contribution is 2.30. The van der Waals surface area contributed by atoms with Crippen LogP contribution in [-0.2, 0) is 6.61 Å². The van der Waals surface area contributed by atoms with Gasteiger partial charge in [0.05, 0.1) is 4.92 Å². The Labute approximate surface area is 122 Å². The molecule has 110 valence electrons. The van der Waals surface area contributed by atoms with Crippen LogP contribution in [0, 0.1) is 17.0 Å². The van der Waals surface area contributed by atoms with Gasteiger partial charge in [-0.3, -0.25) is 10.1 Å². The van der Waals surface area contributed by atoms with Gasteiger partial charge in [0, 0.05) is 18.8 Å². The number of nitrogens with one attached hydrogen (secondary N) is 1. The summed E-state index contributed by atoms with van der Waals surface area (Å²) >= 11 is 0. The van der Waals surface area contributed by atoms with Gasteiger partial charge < -0.3 is 10.1 Å². The normalized spacial score (nSPS) is 10.2. The van der Waals surface area contributed by atoms with Crippen molar-refractivity contribution in [2.45, 2.75) is 20.5 Å². The van der Waals surface area contributed by atoms with Crippen LogP contribution < -0.4 is 10.1 Å². The van der Waals surface area contributed by atoms with Gasteiger partial charge in [0.25, 0.3) is 0 Å². The average molecular weight is 287 g/mol. The van der Waals surface area contributed by atoms with Gasteiger partial charge in [-0.05, 0) is 37.1 Å². The highest BCUT2D eigenvalue weighted by Gasteiger charge is 2.16. The number of para-hydroxylation sites is 1. The van der Waals surface area contributed by atoms with Crippen LogP contribution >= 0.6 is 0 Å². The Hall–Kier alpha value is -2.63. The van der Waals surface area contributed by atoms with Crippen LogP contribution in [0.15, 0.2) is 36.5 Å². The molecular weight excluding hydrogens is 270 g/mol. The average Bonchev–Trinajstić information content (AvgIpc) is 2.46. The van der Waals surface area contributed by atoms with Gasteiger partial charge >= 0.3 is 5.69 Å². The minimum absolute atomic E-state index is 0.0176. The van der Waals surface area contributed by atoms with Crippen LogP contribution in [0.1, 0.15) is 18.1 Å². The standard InChI is InChI=1S/C15H17N3O3/c1-3-16-14-9-12(7-8-17-14)10-21-15-11(2)5-4-6-13(15)18(19)20/h4-9H,3,10H2,1-2H3,(H,16,17). The maximum Gasteiger partial charge on any atom is 0.311 e. The van der Waals surface area contributed by atoms with Crippen LogP contribution in [-0.4, -0.2) is 16.5 Å². The second-order valence-electron chi connectivity index (χ2n) is 4.55. The van der Waals surface area contributed by atoms with Gasteiger partial charge in [-0.2, -0.15) is 0 Å². The fourth-order valence-corrected chi connectivity index (χ4v) is 1.97. The Morgan fingerprint density at radius 1 is 1.38 bits per heavy atom. The predicted molar refractivity (Wildman–Crippen MR) is 80.6 cm³/mol. The first kappa shape index (κ1) is 14.8. The minimum Gasteiger partial charge on any atom is -0.482 e. The SMILES string of the molecule is CCNc1cc(COc2c(C)cccc2[N+](=O)[O-])ccn1. The lowest BCUT2D eigenvalue weighted by Gasteiger charge is -2.10. The van der Waals surface area contributed by atoms with Gasteiger partial charge in [-0.25, -0.2) is 4.98 Å². The molecule has 1 heterocycles. The monoisotopic (exact) mass is 287 g/mol. The maximum absolute atomic E-state index is 11.0. The lowest BCUT2D eigenvalue weighted by molar-refractivity contribution is -0.386. The number of benzene rings is 1. The minimum atomic E-state index is -0.432. The number of nitrogens with zero attached hydrogens (tertiary/aromatic N) is 2. The van der Waals surface area contributed by atoms with Gasteiger partial charge in [0.15, 0.2) is 5.75 Å². The predicted octanol–water partition coefficient (Wildman–Crippen LogP) is 3.31. The summed E-state index contributed by atoms with van der Waals surface area (Å²) in [5.74, 6) is 1.07. The van der Waals surface area contributed by atoms with Crippen molar-refractivity contribution in [3.63, 3.8) is 0 Å². The summed E-state index contributed by atoms with van der Waals surface area (Å²) in [5, 5.41) is 14.1. The van der Waals surface area contributed by atoms with E-state index in [9.17, 15) is 10.1 Å². The lowest BCUT2D eigenvalue weighted by atomic mass is 10.2. The van der Waals surface area contributed by atoms with Crippen LogP contribution in [0.25, 0.3) is 0 Å². The number of aromatic nitrogens is 1.